The molecule has 2 N–H and O–H groups in total. The fourth-order valence-electron chi connectivity index (χ4n) is 8.17. The van der Waals surface area contributed by atoms with Gasteiger partial charge < -0.3 is 10.6 Å². The van der Waals surface area contributed by atoms with E-state index in [1.807, 2.05) is 6.07 Å². The summed E-state index contributed by atoms with van der Waals surface area (Å²) in [5, 5.41) is 6.11. The topological polar surface area (TPSA) is 61.4 Å². The van der Waals surface area contributed by atoms with Gasteiger partial charge in [-0.05, 0) is 78.7 Å². The van der Waals surface area contributed by atoms with Crippen molar-refractivity contribution in [3.8, 4) is 0 Å². The first kappa shape index (κ1) is 26.9. The van der Waals surface area contributed by atoms with Crippen molar-refractivity contribution >= 4 is 11.8 Å². The number of nitrogens with zero attached hydrogens (tertiary/aromatic N) is 1. The number of carbonyl (C=O) groups is 2. The lowest BCUT2D eigenvalue weighted by molar-refractivity contribution is -0.129. The summed E-state index contributed by atoms with van der Waals surface area (Å²) in [6.07, 6.45) is 8.26. The van der Waals surface area contributed by atoms with Gasteiger partial charge in [0.15, 0.2) is 0 Å². The van der Waals surface area contributed by atoms with E-state index < -0.39 is 0 Å². The van der Waals surface area contributed by atoms with E-state index in [4.69, 9.17) is 0 Å². The largest absolute Gasteiger partial charge is 0.352 e. The van der Waals surface area contributed by atoms with Crippen molar-refractivity contribution in [1.82, 2.24) is 15.5 Å². The Bertz CT molecular complexity index is 1080. The Morgan fingerprint density at radius 2 is 1.61 bits per heavy atom. The Balaban J connectivity index is 1.08. The maximum absolute atomic E-state index is 13.1. The zero-order chi connectivity index (χ0) is 26.6. The van der Waals surface area contributed by atoms with Gasteiger partial charge in [-0.3, -0.25) is 14.5 Å². The van der Waals surface area contributed by atoms with E-state index >= 15 is 0 Å². The normalized spacial score (nSPS) is 29.9. The molecular weight excluding hydrogens is 470 g/mol. The van der Waals surface area contributed by atoms with Crippen LogP contribution in [0.15, 0.2) is 60.7 Å². The van der Waals surface area contributed by atoms with Gasteiger partial charge in [-0.25, -0.2) is 0 Å². The van der Waals surface area contributed by atoms with E-state index in [1.165, 1.54) is 30.4 Å². The van der Waals surface area contributed by atoms with Crippen molar-refractivity contribution in [3.05, 3.63) is 71.8 Å². The molecule has 3 fully saturated rings. The van der Waals surface area contributed by atoms with Crippen molar-refractivity contribution in [3.63, 3.8) is 0 Å². The highest BCUT2D eigenvalue weighted by atomic mass is 16.2. The van der Waals surface area contributed by atoms with Crippen molar-refractivity contribution in [2.24, 2.45) is 17.3 Å². The number of likely N-dealkylation sites (tertiary alicyclic amines) is 1. The summed E-state index contributed by atoms with van der Waals surface area (Å²) in [5.41, 5.74) is 2.91. The van der Waals surface area contributed by atoms with Crippen LogP contribution in [0.5, 0.6) is 0 Å². The Morgan fingerprint density at radius 3 is 2.32 bits per heavy atom. The van der Waals surface area contributed by atoms with Gasteiger partial charge in [-0.1, -0.05) is 74.5 Å². The molecule has 1 saturated heterocycles. The van der Waals surface area contributed by atoms with E-state index in [-0.39, 0.29) is 35.2 Å². The second-order valence-electron chi connectivity index (χ2n) is 13.0. The molecular formula is C33H45N3O2. The molecule has 1 heterocycles. The van der Waals surface area contributed by atoms with Gasteiger partial charge in [0.05, 0.1) is 6.54 Å². The molecule has 2 saturated carbocycles. The van der Waals surface area contributed by atoms with Crippen molar-refractivity contribution in [2.75, 3.05) is 19.6 Å². The zero-order valence-corrected chi connectivity index (χ0v) is 23.3. The van der Waals surface area contributed by atoms with Gasteiger partial charge in [0, 0.05) is 32.1 Å². The van der Waals surface area contributed by atoms with Gasteiger partial charge in [0.25, 0.3) is 0 Å². The van der Waals surface area contributed by atoms with Gasteiger partial charge in [0.2, 0.25) is 11.8 Å². The summed E-state index contributed by atoms with van der Waals surface area (Å²) in [6, 6.07) is 21.7. The third-order valence-electron chi connectivity index (χ3n) is 9.32. The van der Waals surface area contributed by atoms with E-state index in [9.17, 15) is 9.59 Å². The first-order valence-electron chi connectivity index (χ1n) is 14.7. The van der Waals surface area contributed by atoms with E-state index in [0.717, 1.165) is 51.2 Å². The van der Waals surface area contributed by atoms with Crippen LogP contribution in [-0.4, -0.2) is 42.4 Å². The Hall–Kier alpha value is -2.66. The standard InChI is InChI=1S/C33H45N3O2/c1-25-17-27-19-32(2,24-33(18-25,20-27)28-11-7-4-8-12-28)21-30(37)34-22-31(38)35-29-13-15-36(16-14-29)23-26-9-5-3-6-10-26/h3-12,25,27,29H,13-24H2,1-2H3,(H,34,37)(H,35,38). The van der Waals surface area contributed by atoms with Gasteiger partial charge in [-0.15, -0.1) is 0 Å². The summed E-state index contributed by atoms with van der Waals surface area (Å²) in [5.74, 6) is 1.33. The average Bonchev–Trinajstić information content (AvgIpc) is 2.89. The van der Waals surface area contributed by atoms with E-state index in [0.29, 0.717) is 12.3 Å². The average molecular weight is 516 g/mol. The lowest BCUT2D eigenvalue weighted by Crippen LogP contribution is -2.49. The smallest absolute Gasteiger partial charge is 0.239 e. The lowest BCUT2D eigenvalue weighted by Gasteiger charge is -2.55. The Labute approximate surface area is 228 Å². The molecule has 204 valence electrons. The molecule has 2 aromatic carbocycles. The Morgan fingerprint density at radius 1 is 0.921 bits per heavy atom. The molecule has 2 bridgehead atoms. The van der Waals surface area contributed by atoms with Crippen molar-refractivity contribution in [2.45, 2.75) is 83.2 Å². The van der Waals surface area contributed by atoms with E-state index in [2.05, 4.69) is 84.0 Å². The highest BCUT2D eigenvalue weighted by Gasteiger charge is 2.50. The number of piperidine rings is 1. The molecule has 4 atom stereocenters. The molecule has 5 nitrogen and oxygen atoms in total. The fourth-order valence-corrected chi connectivity index (χ4v) is 8.17. The number of benzene rings is 2. The van der Waals surface area contributed by atoms with Crippen molar-refractivity contribution < 1.29 is 9.59 Å². The van der Waals surface area contributed by atoms with Crippen LogP contribution < -0.4 is 10.6 Å². The molecule has 3 aliphatic rings. The molecule has 5 heteroatoms. The van der Waals surface area contributed by atoms with E-state index in [1.54, 1.807) is 0 Å². The number of hydrogen-bond donors (Lipinski definition) is 2. The quantitative estimate of drug-likeness (QED) is 0.492. The number of fused-ring (bicyclic) bond motifs is 2. The van der Waals surface area contributed by atoms with Crippen molar-refractivity contribution in [1.29, 1.82) is 0 Å². The van der Waals surface area contributed by atoms with Crippen LogP contribution in [0.2, 0.25) is 0 Å². The Kier molecular flexibility index (Phi) is 8.23. The second-order valence-corrected chi connectivity index (χ2v) is 13.0. The molecule has 4 unspecified atom stereocenters. The highest BCUT2D eigenvalue weighted by Crippen LogP contribution is 2.58. The molecule has 0 aromatic heterocycles. The molecule has 0 spiro atoms. The minimum absolute atomic E-state index is 0.0107. The van der Waals surface area contributed by atoms with Gasteiger partial charge in [-0.2, -0.15) is 0 Å². The molecule has 2 aromatic rings. The highest BCUT2D eigenvalue weighted by molar-refractivity contribution is 5.85. The first-order valence-corrected chi connectivity index (χ1v) is 14.7. The predicted molar refractivity (Wildman–Crippen MR) is 152 cm³/mol. The first-order chi connectivity index (χ1) is 18.3. The van der Waals surface area contributed by atoms with Crippen LogP contribution in [0.1, 0.15) is 76.3 Å². The minimum atomic E-state index is -0.0693. The summed E-state index contributed by atoms with van der Waals surface area (Å²) in [4.78, 5) is 28.2. The molecule has 38 heavy (non-hydrogen) atoms. The number of carbonyl (C=O) groups excluding carboxylic acids is 2. The number of hydrogen-bond acceptors (Lipinski definition) is 3. The SMILES string of the molecule is CC1CC2CC(C)(CC(=O)NCC(=O)NC3CCN(Cc4ccccc4)CC3)CC(c3ccccc3)(C1)C2. The lowest BCUT2D eigenvalue weighted by atomic mass is 9.50. The van der Waals surface area contributed by atoms with Crippen LogP contribution in [0.4, 0.5) is 0 Å². The van der Waals surface area contributed by atoms with Crippen LogP contribution in [0.25, 0.3) is 0 Å². The molecule has 1 aliphatic heterocycles. The van der Waals surface area contributed by atoms with Crippen LogP contribution >= 0.6 is 0 Å². The summed E-state index contributed by atoms with van der Waals surface area (Å²) >= 11 is 0. The third kappa shape index (κ3) is 6.66. The van der Waals surface area contributed by atoms with Crippen LogP contribution in [0, 0.1) is 17.3 Å². The molecule has 0 radical (unpaired) electrons. The predicted octanol–water partition coefficient (Wildman–Crippen LogP) is 5.45. The number of amides is 2. The van der Waals surface area contributed by atoms with Crippen LogP contribution in [0.3, 0.4) is 0 Å². The molecule has 5 rings (SSSR count). The summed E-state index contributed by atoms with van der Waals surface area (Å²) < 4.78 is 0. The number of rotatable bonds is 8. The fraction of sp³-hybridized carbons (Fsp3) is 0.576. The van der Waals surface area contributed by atoms with Gasteiger partial charge >= 0.3 is 0 Å². The maximum atomic E-state index is 13.1. The molecule has 2 amide bonds. The second kappa shape index (κ2) is 11.6. The van der Waals surface area contributed by atoms with Crippen LogP contribution in [-0.2, 0) is 21.5 Å². The zero-order valence-electron chi connectivity index (χ0n) is 23.3. The number of nitrogens with one attached hydrogen (secondary N) is 2. The molecule has 2 aliphatic carbocycles. The van der Waals surface area contributed by atoms with Gasteiger partial charge in [0.1, 0.15) is 0 Å². The third-order valence-corrected chi connectivity index (χ3v) is 9.32. The summed E-state index contributed by atoms with van der Waals surface area (Å²) in [7, 11) is 0. The minimum Gasteiger partial charge on any atom is -0.352 e. The summed E-state index contributed by atoms with van der Waals surface area (Å²) in [6.45, 7) is 7.69. The maximum Gasteiger partial charge on any atom is 0.239 e. The monoisotopic (exact) mass is 515 g/mol.